The highest BCUT2D eigenvalue weighted by molar-refractivity contribution is 5.08. The van der Waals surface area contributed by atoms with E-state index in [9.17, 15) is 0 Å². The van der Waals surface area contributed by atoms with Crippen molar-refractivity contribution in [3.8, 4) is 6.07 Å². The first-order valence-corrected chi connectivity index (χ1v) is 2.61. The number of rotatable bonds is 2. The van der Waals surface area contributed by atoms with Crippen molar-refractivity contribution < 1.29 is 0 Å². The maximum absolute atomic E-state index is 8.10. The smallest absolute Gasteiger partial charge is 0.0930 e. The number of hydrogen-bond acceptors (Lipinski definition) is 2. The van der Waals surface area contributed by atoms with Gasteiger partial charge in [-0.05, 0) is 13.8 Å². The van der Waals surface area contributed by atoms with Gasteiger partial charge >= 0.3 is 0 Å². The summed E-state index contributed by atoms with van der Waals surface area (Å²) < 4.78 is 0. The second-order valence-corrected chi connectivity index (χ2v) is 1.49. The fourth-order valence-corrected chi connectivity index (χ4v) is 0.427. The Bertz CT molecular complexity index is 119. The van der Waals surface area contributed by atoms with Gasteiger partial charge in [0.1, 0.15) is 0 Å². The van der Waals surface area contributed by atoms with Crippen LogP contribution in [0.1, 0.15) is 13.8 Å². The van der Waals surface area contributed by atoms with Gasteiger partial charge < -0.3 is 5.32 Å². The van der Waals surface area contributed by atoms with Gasteiger partial charge in [0.2, 0.25) is 0 Å². The molecule has 0 atom stereocenters. The summed E-state index contributed by atoms with van der Waals surface area (Å²) in [6, 6.07) is 1.93. The van der Waals surface area contributed by atoms with Crippen molar-refractivity contribution in [1.29, 1.82) is 5.26 Å². The zero-order valence-corrected chi connectivity index (χ0v) is 5.23. The Morgan fingerprint density at radius 1 is 1.88 bits per heavy atom. The molecule has 0 aromatic carbocycles. The minimum Gasteiger partial charge on any atom is -0.388 e. The maximum atomic E-state index is 8.10. The van der Waals surface area contributed by atoms with E-state index in [0.29, 0.717) is 0 Å². The number of hydrogen-bond donors (Lipinski definition) is 1. The van der Waals surface area contributed by atoms with Crippen LogP contribution >= 0.6 is 0 Å². The Balaban J connectivity index is 3.49. The molecule has 0 saturated carbocycles. The summed E-state index contributed by atoms with van der Waals surface area (Å²) in [6.45, 7) is 4.74. The molecule has 0 rings (SSSR count). The van der Waals surface area contributed by atoms with Gasteiger partial charge in [-0.2, -0.15) is 5.26 Å². The van der Waals surface area contributed by atoms with Gasteiger partial charge in [0.15, 0.2) is 0 Å². The third-order valence-corrected chi connectivity index (χ3v) is 0.737. The highest BCUT2D eigenvalue weighted by atomic mass is 14.8. The van der Waals surface area contributed by atoms with E-state index in [1.807, 2.05) is 19.9 Å². The summed E-state index contributed by atoms with van der Waals surface area (Å²) in [5, 5.41) is 11.1. The summed E-state index contributed by atoms with van der Waals surface area (Å²) in [5.74, 6) is 0. The topological polar surface area (TPSA) is 35.8 Å². The molecule has 0 aliphatic heterocycles. The molecule has 2 heteroatoms. The minimum atomic E-state index is 0.879. The molecule has 0 aliphatic rings. The summed E-state index contributed by atoms with van der Waals surface area (Å²) in [6.07, 6.45) is 1.49. The molecule has 2 nitrogen and oxygen atoms in total. The monoisotopic (exact) mass is 110 g/mol. The fraction of sp³-hybridized carbons (Fsp3) is 0.500. The molecule has 0 aromatic rings. The first-order chi connectivity index (χ1) is 3.81. The second-order valence-electron chi connectivity index (χ2n) is 1.49. The molecular formula is C6H10N2. The molecule has 0 saturated heterocycles. The predicted molar refractivity (Wildman–Crippen MR) is 33.0 cm³/mol. The van der Waals surface area contributed by atoms with Crippen LogP contribution in [-0.2, 0) is 0 Å². The molecule has 0 bridgehead atoms. The largest absolute Gasteiger partial charge is 0.388 e. The highest BCUT2D eigenvalue weighted by Crippen LogP contribution is 1.81. The summed E-state index contributed by atoms with van der Waals surface area (Å²) >= 11 is 0. The van der Waals surface area contributed by atoms with E-state index in [1.165, 1.54) is 6.08 Å². The molecule has 1 N–H and O–H groups in total. The Hall–Kier alpha value is -0.970. The maximum Gasteiger partial charge on any atom is 0.0930 e. The molecule has 44 valence electrons. The van der Waals surface area contributed by atoms with E-state index < -0.39 is 0 Å². The normalized spacial score (nSPS) is 10.4. The second kappa shape index (κ2) is 4.20. The van der Waals surface area contributed by atoms with E-state index in [2.05, 4.69) is 5.32 Å². The summed E-state index contributed by atoms with van der Waals surface area (Å²) in [5.41, 5.74) is 0.926. The fourth-order valence-electron chi connectivity index (χ4n) is 0.427. The van der Waals surface area contributed by atoms with Gasteiger partial charge in [-0.3, -0.25) is 0 Å². The third-order valence-electron chi connectivity index (χ3n) is 0.737. The van der Waals surface area contributed by atoms with Crippen LogP contribution in [-0.4, -0.2) is 6.54 Å². The molecule has 0 spiro atoms. The van der Waals surface area contributed by atoms with Crippen LogP contribution in [0.25, 0.3) is 0 Å². The molecule has 0 amide bonds. The van der Waals surface area contributed by atoms with Crippen molar-refractivity contribution in [3.05, 3.63) is 11.8 Å². The van der Waals surface area contributed by atoms with Gasteiger partial charge in [0, 0.05) is 18.3 Å². The first kappa shape index (κ1) is 7.03. The molecule has 0 fully saturated rings. The number of allylic oxidation sites excluding steroid dienone is 2. The van der Waals surface area contributed by atoms with Crippen LogP contribution in [0.4, 0.5) is 0 Å². The Morgan fingerprint density at radius 3 is 2.88 bits per heavy atom. The average molecular weight is 110 g/mol. The SMILES string of the molecule is CCNC(C)=CC#N. The summed E-state index contributed by atoms with van der Waals surface area (Å²) in [7, 11) is 0. The van der Waals surface area contributed by atoms with Gasteiger partial charge in [-0.15, -0.1) is 0 Å². The highest BCUT2D eigenvalue weighted by Gasteiger charge is 1.78. The van der Waals surface area contributed by atoms with Gasteiger partial charge in [-0.25, -0.2) is 0 Å². The van der Waals surface area contributed by atoms with Crippen LogP contribution < -0.4 is 5.32 Å². The van der Waals surface area contributed by atoms with Crippen LogP contribution in [0.15, 0.2) is 11.8 Å². The van der Waals surface area contributed by atoms with Crippen LogP contribution in [0, 0.1) is 11.3 Å². The molecule has 0 unspecified atom stereocenters. The van der Waals surface area contributed by atoms with Gasteiger partial charge in [-0.1, -0.05) is 0 Å². The van der Waals surface area contributed by atoms with Gasteiger partial charge in [0.05, 0.1) is 6.07 Å². The number of nitriles is 1. The predicted octanol–water partition coefficient (Wildman–Crippen LogP) is 1.02. The molecule has 0 heterocycles. The van der Waals surface area contributed by atoms with Crippen molar-refractivity contribution in [3.63, 3.8) is 0 Å². The van der Waals surface area contributed by atoms with E-state index in [-0.39, 0.29) is 0 Å². The first-order valence-electron chi connectivity index (χ1n) is 2.61. The lowest BCUT2D eigenvalue weighted by atomic mass is 10.4. The van der Waals surface area contributed by atoms with E-state index in [0.717, 1.165) is 12.2 Å². The lowest BCUT2D eigenvalue weighted by Gasteiger charge is -1.96. The molecule has 0 radical (unpaired) electrons. The quantitative estimate of drug-likeness (QED) is 0.539. The molecule has 8 heavy (non-hydrogen) atoms. The van der Waals surface area contributed by atoms with Crippen LogP contribution in [0.2, 0.25) is 0 Å². The van der Waals surface area contributed by atoms with Crippen LogP contribution in [0.5, 0.6) is 0 Å². The van der Waals surface area contributed by atoms with Crippen molar-refractivity contribution >= 4 is 0 Å². The zero-order chi connectivity index (χ0) is 6.41. The van der Waals surface area contributed by atoms with Crippen molar-refractivity contribution in [2.24, 2.45) is 0 Å². The van der Waals surface area contributed by atoms with Gasteiger partial charge in [0.25, 0.3) is 0 Å². The van der Waals surface area contributed by atoms with Crippen molar-refractivity contribution in [2.45, 2.75) is 13.8 Å². The van der Waals surface area contributed by atoms with Crippen molar-refractivity contribution in [1.82, 2.24) is 5.32 Å². The zero-order valence-electron chi connectivity index (χ0n) is 5.23. The Morgan fingerprint density at radius 2 is 2.50 bits per heavy atom. The van der Waals surface area contributed by atoms with Crippen molar-refractivity contribution in [2.75, 3.05) is 6.54 Å². The lowest BCUT2D eigenvalue weighted by Crippen LogP contribution is -2.08. The Labute approximate surface area is 49.8 Å². The average Bonchev–Trinajstić information content (AvgIpc) is 1.68. The Kier molecular flexibility index (Phi) is 3.69. The third kappa shape index (κ3) is 3.23. The molecule has 0 aromatic heterocycles. The standard InChI is InChI=1S/C6H10N2/c1-3-8-6(2)4-5-7/h4,8H,3H2,1-2H3. The molecular weight excluding hydrogens is 100 g/mol. The number of nitrogens with one attached hydrogen (secondary N) is 1. The lowest BCUT2D eigenvalue weighted by molar-refractivity contribution is 0.855. The van der Waals surface area contributed by atoms with Crippen LogP contribution in [0.3, 0.4) is 0 Å². The summed E-state index contributed by atoms with van der Waals surface area (Å²) in [4.78, 5) is 0. The minimum absolute atomic E-state index is 0.879. The van der Waals surface area contributed by atoms with E-state index in [1.54, 1.807) is 0 Å². The molecule has 0 aliphatic carbocycles. The number of nitrogens with zero attached hydrogens (tertiary/aromatic N) is 1. The van der Waals surface area contributed by atoms with E-state index >= 15 is 0 Å². The van der Waals surface area contributed by atoms with E-state index in [4.69, 9.17) is 5.26 Å².